The van der Waals surface area contributed by atoms with Gasteiger partial charge >= 0.3 is 0 Å². The molecule has 1 aliphatic heterocycles. The molecular weight excluding hydrogens is 394 g/mol. The highest BCUT2D eigenvalue weighted by molar-refractivity contribution is 7.19. The first-order chi connectivity index (χ1) is 14.7. The van der Waals surface area contributed by atoms with E-state index in [1.165, 1.54) is 11.3 Å². The Hall–Kier alpha value is -3.77. The Morgan fingerprint density at radius 1 is 0.867 bits per heavy atom. The summed E-state index contributed by atoms with van der Waals surface area (Å²) in [4.78, 5) is 21.9. The molecule has 144 valence electrons. The molecule has 0 fully saturated rings. The predicted octanol–water partition coefficient (Wildman–Crippen LogP) is 4.93. The number of aromatic nitrogens is 3. The molecule has 1 unspecified atom stereocenters. The smallest absolute Gasteiger partial charge is 0.281 e. The van der Waals surface area contributed by atoms with Crippen molar-refractivity contribution in [1.29, 1.82) is 0 Å². The minimum Gasteiger partial charge on any atom is -0.509 e. The fourth-order valence-corrected chi connectivity index (χ4v) is 5.14. The van der Waals surface area contributed by atoms with Gasteiger partial charge in [0.25, 0.3) is 5.56 Å². The van der Waals surface area contributed by atoms with Crippen molar-refractivity contribution < 1.29 is 5.11 Å². The van der Waals surface area contributed by atoms with E-state index >= 15 is 0 Å². The van der Waals surface area contributed by atoms with Gasteiger partial charge in [-0.15, -0.1) is 11.3 Å². The van der Waals surface area contributed by atoms with E-state index in [-0.39, 0.29) is 11.3 Å². The molecule has 1 aliphatic rings. The Bertz CT molecular complexity index is 1500. The van der Waals surface area contributed by atoms with E-state index in [2.05, 4.69) is 4.98 Å². The SMILES string of the molecule is O=c1nc2n(c3ccccc13)C(c1ccccc1)C(O)=C2c1nc2ccccc2s1. The zero-order valence-corrected chi connectivity index (χ0v) is 16.5. The van der Waals surface area contributed by atoms with Crippen LogP contribution in [0.5, 0.6) is 0 Å². The first kappa shape index (κ1) is 17.1. The summed E-state index contributed by atoms with van der Waals surface area (Å²) in [7, 11) is 0. The quantitative estimate of drug-likeness (QED) is 0.449. The maximum atomic E-state index is 12.8. The van der Waals surface area contributed by atoms with Crippen molar-refractivity contribution in [1.82, 2.24) is 14.5 Å². The van der Waals surface area contributed by atoms with Crippen LogP contribution in [0.25, 0.3) is 26.7 Å². The summed E-state index contributed by atoms with van der Waals surface area (Å²) < 4.78 is 2.97. The molecule has 1 atom stereocenters. The zero-order chi connectivity index (χ0) is 20.2. The molecule has 30 heavy (non-hydrogen) atoms. The van der Waals surface area contributed by atoms with E-state index in [1.807, 2.05) is 77.4 Å². The summed E-state index contributed by atoms with van der Waals surface area (Å²) in [5, 5.41) is 12.6. The molecule has 6 rings (SSSR count). The topological polar surface area (TPSA) is 68.0 Å². The van der Waals surface area contributed by atoms with Gasteiger partial charge in [0, 0.05) is 0 Å². The van der Waals surface area contributed by atoms with Crippen molar-refractivity contribution in [3.8, 4) is 0 Å². The summed E-state index contributed by atoms with van der Waals surface area (Å²) in [6, 6.07) is 24.5. The van der Waals surface area contributed by atoms with Crippen LogP contribution in [0.4, 0.5) is 0 Å². The third-order valence-electron chi connectivity index (χ3n) is 5.45. The molecule has 5 nitrogen and oxygen atoms in total. The molecule has 3 aromatic carbocycles. The maximum Gasteiger partial charge on any atom is 0.281 e. The molecule has 1 N–H and O–H groups in total. The van der Waals surface area contributed by atoms with Crippen LogP contribution in [0, 0.1) is 0 Å². The molecule has 0 saturated heterocycles. The van der Waals surface area contributed by atoms with E-state index in [1.54, 1.807) is 6.07 Å². The average Bonchev–Trinajstić information content (AvgIpc) is 3.32. The summed E-state index contributed by atoms with van der Waals surface area (Å²) in [6.45, 7) is 0. The normalized spacial score (nSPS) is 15.8. The zero-order valence-electron chi connectivity index (χ0n) is 15.7. The van der Waals surface area contributed by atoms with E-state index in [9.17, 15) is 9.90 Å². The van der Waals surface area contributed by atoms with Crippen molar-refractivity contribution in [2.45, 2.75) is 6.04 Å². The monoisotopic (exact) mass is 409 g/mol. The largest absolute Gasteiger partial charge is 0.509 e. The Morgan fingerprint density at radius 2 is 1.60 bits per heavy atom. The first-order valence-electron chi connectivity index (χ1n) is 9.58. The molecular formula is C24H15N3O2S. The second-order valence-corrected chi connectivity index (χ2v) is 8.22. The first-order valence-corrected chi connectivity index (χ1v) is 10.4. The maximum absolute atomic E-state index is 12.8. The van der Waals surface area contributed by atoms with Crippen LogP contribution < -0.4 is 5.56 Å². The molecule has 2 aromatic heterocycles. The van der Waals surface area contributed by atoms with Crippen LogP contribution in [0.2, 0.25) is 0 Å². The number of fused-ring (bicyclic) bond motifs is 4. The molecule has 3 heterocycles. The Kier molecular flexibility index (Phi) is 3.63. The number of benzene rings is 3. The van der Waals surface area contributed by atoms with Crippen molar-refractivity contribution in [3.05, 3.63) is 111 Å². The molecule has 0 bridgehead atoms. The van der Waals surface area contributed by atoms with E-state index in [0.717, 1.165) is 21.3 Å². The van der Waals surface area contributed by atoms with Gasteiger partial charge in [0.1, 0.15) is 16.8 Å². The number of nitrogens with zero attached hydrogens (tertiary/aromatic N) is 3. The van der Waals surface area contributed by atoms with Crippen molar-refractivity contribution in [2.75, 3.05) is 0 Å². The molecule has 5 aromatic rings. The number of hydrogen-bond acceptors (Lipinski definition) is 5. The third kappa shape index (κ3) is 2.37. The van der Waals surface area contributed by atoms with Crippen molar-refractivity contribution >= 4 is 38.0 Å². The Labute approximate surface area is 175 Å². The number of aliphatic hydroxyl groups is 1. The van der Waals surface area contributed by atoms with Gasteiger partial charge in [0.15, 0.2) is 5.82 Å². The minimum absolute atomic E-state index is 0.156. The summed E-state index contributed by atoms with van der Waals surface area (Å²) >= 11 is 1.49. The summed E-state index contributed by atoms with van der Waals surface area (Å²) in [5.41, 5.74) is 2.73. The highest BCUT2D eigenvalue weighted by Gasteiger charge is 2.36. The Balaban J connectivity index is 1.72. The van der Waals surface area contributed by atoms with Gasteiger partial charge in [-0.1, -0.05) is 54.6 Å². The molecule has 0 aliphatic carbocycles. The van der Waals surface area contributed by atoms with Gasteiger partial charge in [0.2, 0.25) is 0 Å². The second kappa shape index (κ2) is 6.37. The van der Waals surface area contributed by atoms with Crippen LogP contribution in [0.3, 0.4) is 0 Å². The van der Waals surface area contributed by atoms with Gasteiger partial charge in [0.05, 0.1) is 26.7 Å². The molecule has 0 radical (unpaired) electrons. The molecule has 0 amide bonds. The lowest BCUT2D eigenvalue weighted by atomic mass is 10.0. The lowest BCUT2D eigenvalue weighted by Gasteiger charge is -2.18. The van der Waals surface area contributed by atoms with Gasteiger partial charge in [-0.3, -0.25) is 4.79 Å². The number of thiazole rings is 1. The van der Waals surface area contributed by atoms with Crippen molar-refractivity contribution in [3.63, 3.8) is 0 Å². The minimum atomic E-state index is -0.471. The number of para-hydroxylation sites is 2. The van der Waals surface area contributed by atoms with Crippen molar-refractivity contribution in [2.24, 2.45) is 0 Å². The van der Waals surface area contributed by atoms with E-state index in [4.69, 9.17) is 4.98 Å². The third-order valence-corrected chi connectivity index (χ3v) is 6.50. The van der Waals surface area contributed by atoms with Gasteiger partial charge in [-0.2, -0.15) is 4.98 Å². The Morgan fingerprint density at radius 3 is 2.43 bits per heavy atom. The highest BCUT2D eigenvalue weighted by Crippen LogP contribution is 2.44. The number of hydrogen-bond donors (Lipinski definition) is 1. The van der Waals surface area contributed by atoms with E-state index in [0.29, 0.717) is 21.8 Å². The van der Waals surface area contributed by atoms with Gasteiger partial charge in [-0.05, 0) is 29.8 Å². The van der Waals surface area contributed by atoms with Crippen LogP contribution in [-0.4, -0.2) is 19.6 Å². The second-order valence-electron chi connectivity index (χ2n) is 7.19. The number of aliphatic hydroxyl groups excluding tert-OH is 1. The van der Waals surface area contributed by atoms with Gasteiger partial charge < -0.3 is 9.67 Å². The van der Waals surface area contributed by atoms with Crippen LogP contribution in [0.15, 0.2) is 89.4 Å². The molecule has 0 spiro atoms. The fourth-order valence-electron chi connectivity index (χ4n) is 4.13. The molecule has 6 heteroatoms. The average molecular weight is 409 g/mol. The lowest BCUT2D eigenvalue weighted by Crippen LogP contribution is -2.19. The van der Waals surface area contributed by atoms with E-state index < -0.39 is 6.04 Å². The number of rotatable bonds is 2. The summed E-state index contributed by atoms with van der Waals surface area (Å²) in [5.74, 6) is 0.604. The lowest BCUT2D eigenvalue weighted by molar-refractivity contribution is 0.365. The standard InChI is InChI=1S/C24H15N3O2S/c28-21-19(24-25-16-11-5-7-13-18(16)30-24)22-26-23(29)15-10-4-6-12-17(15)27(22)20(21)14-8-2-1-3-9-14/h1-13,20,28H. The molecule has 0 saturated carbocycles. The fraction of sp³-hybridized carbons (Fsp3) is 0.0417. The van der Waals surface area contributed by atoms with Gasteiger partial charge in [-0.25, -0.2) is 4.98 Å². The van der Waals surface area contributed by atoms with Crippen LogP contribution in [0.1, 0.15) is 22.4 Å². The van der Waals surface area contributed by atoms with Crippen LogP contribution >= 0.6 is 11.3 Å². The predicted molar refractivity (Wildman–Crippen MR) is 119 cm³/mol. The summed E-state index contributed by atoms with van der Waals surface area (Å²) in [6.07, 6.45) is 0. The number of allylic oxidation sites excluding steroid dienone is 1. The highest BCUT2D eigenvalue weighted by atomic mass is 32.1. The van der Waals surface area contributed by atoms with Crippen LogP contribution in [-0.2, 0) is 0 Å².